The van der Waals surface area contributed by atoms with Crippen LogP contribution in [0, 0.1) is 5.82 Å². The molecule has 0 unspecified atom stereocenters. The lowest BCUT2D eigenvalue weighted by atomic mass is 9.44. The maximum atomic E-state index is 13.6. The summed E-state index contributed by atoms with van der Waals surface area (Å²) in [4.78, 5) is 27.3. The Hall–Kier alpha value is -3.09. The molecule has 6 rings (SSSR count). The summed E-state index contributed by atoms with van der Waals surface area (Å²) in [7, 11) is 0. The number of rotatable bonds is 6. The standard InChI is InChI=1S/C26H30FN3O3/c1-2-3-14-33-24(32)29-26-15-25(16-26,17-26)28-23(31)30-13-12-18-6-4-5-7-21(18)22(30)19-8-10-20(27)11-9-19/h4-11,22H,2-3,12-17H2,1H3,(H,28,31)(H,29,32)/t22-,25?,26?/m1/s1. The van der Waals surface area contributed by atoms with Crippen molar-refractivity contribution in [3.05, 3.63) is 71.0 Å². The van der Waals surface area contributed by atoms with Gasteiger partial charge in [-0.1, -0.05) is 49.7 Å². The van der Waals surface area contributed by atoms with Crippen molar-refractivity contribution in [1.29, 1.82) is 0 Å². The highest BCUT2D eigenvalue weighted by atomic mass is 19.1. The van der Waals surface area contributed by atoms with Gasteiger partial charge in [0.05, 0.1) is 18.2 Å². The van der Waals surface area contributed by atoms with Crippen LogP contribution in [0.15, 0.2) is 48.5 Å². The number of hydrogen-bond acceptors (Lipinski definition) is 3. The van der Waals surface area contributed by atoms with Gasteiger partial charge in [-0.05, 0) is 60.9 Å². The summed E-state index contributed by atoms with van der Waals surface area (Å²) < 4.78 is 18.8. The predicted octanol–water partition coefficient (Wildman–Crippen LogP) is 4.68. The lowest BCUT2D eigenvalue weighted by molar-refractivity contribution is -0.0941. The number of alkyl carbamates (subject to hydrolysis) is 1. The largest absolute Gasteiger partial charge is 0.450 e. The Morgan fingerprint density at radius 3 is 2.48 bits per heavy atom. The van der Waals surface area contributed by atoms with E-state index in [2.05, 4.69) is 23.6 Å². The summed E-state index contributed by atoms with van der Waals surface area (Å²) in [6.45, 7) is 3.08. The lowest BCUT2D eigenvalue weighted by Crippen LogP contribution is -2.84. The topological polar surface area (TPSA) is 70.7 Å². The molecule has 0 aromatic heterocycles. The van der Waals surface area contributed by atoms with E-state index in [0.717, 1.165) is 49.7 Å². The van der Waals surface area contributed by atoms with Gasteiger partial charge in [0.25, 0.3) is 0 Å². The third-order valence-electron chi connectivity index (χ3n) is 7.23. The van der Waals surface area contributed by atoms with Crippen molar-refractivity contribution in [3.8, 4) is 0 Å². The van der Waals surface area contributed by atoms with E-state index in [-0.39, 0.29) is 35.1 Å². The van der Waals surface area contributed by atoms with Crippen LogP contribution >= 0.6 is 0 Å². The highest BCUT2D eigenvalue weighted by molar-refractivity contribution is 5.78. The van der Waals surface area contributed by atoms with Crippen LogP contribution in [0.25, 0.3) is 0 Å². The summed E-state index contributed by atoms with van der Waals surface area (Å²) in [6.07, 6.45) is 4.42. The zero-order valence-electron chi connectivity index (χ0n) is 18.9. The van der Waals surface area contributed by atoms with Gasteiger partial charge >= 0.3 is 12.1 Å². The van der Waals surface area contributed by atoms with Crippen molar-refractivity contribution in [2.75, 3.05) is 13.2 Å². The maximum Gasteiger partial charge on any atom is 0.407 e. The third kappa shape index (κ3) is 4.05. The van der Waals surface area contributed by atoms with Crippen LogP contribution in [-0.2, 0) is 11.2 Å². The van der Waals surface area contributed by atoms with Crippen molar-refractivity contribution in [2.24, 2.45) is 0 Å². The van der Waals surface area contributed by atoms with Crippen LogP contribution in [0.2, 0.25) is 0 Å². The summed E-state index contributed by atoms with van der Waals surface area (Å²) in [5.74, 6) is -0.293. The molecule has 3 saturated carbocycles. The van der Waals surface area contributed by atoms with Gasteiger partial charge in [0, 0.05) is 12.1 Å². The fourth-order valence-electron chi connectivity index (χ4n) is 5.70. The molecule has 0 saturated heterocycles. The van der Waals surface area contributed by atoms with Gasteiger partial charge in [-0.3, -0.25) is 0 Å². The number of benzene rings is 2. The molecule has 2 bridgehead atoms. The molecule has 4 aliphatic rings. The molecule has 0 spiro atoms. The van der Waals surface area contributed by atoms with E-state index in [4.69, 9.17) is 4.74 Å². The molecule has 2 N–H and O–H groups in total. The first-order chi connectivity index (χ1) is 15.9. The van der Waals surface area contributed by atoms with Gasteiger partial charge in [-0.15, -0.1) is 0 Å². The van der Waals surface area contributed by atoms with Gasteiger partial charge in [0.1, 0.15) is 5.82 Å². The molecular weight excluding hydrogens is 421 g/mol. The minimum atomic E-state index is -0.368. The second kappa shape index (κ2) is 8.36. The Bertz CT molecular complexity index is 1040. The number of nitrogens with zero attached hydrogens (tertiary/aromatic N) is 1. The molecule has 0 radical (unpaired) electrons. The summed E-state index contributed by atoms with van der Waals surface area (Å²) in [5.41, 5.74) is 2.67. The number of carbonyl (C=O) groups excluding carboxylic acids is 2. The average molecular weight is 452 g/mol. The van der Waals surface area contributed by atoms with E-state index in [0.29, 0.717) is 13.2 Å². The second-order valence-corrected chi connectivity index (χ2v) is 9.73. The van der Waals surface area contributed by atoms with Crippen molar-refractivity contribution >= 4 is 12.1 Å². The number of unbranched alkanes of at least 4 members (excludes halogenated alkanes) is 1. The SMILES string of the molecule is CCCCOC(=O)NC12CC(NC(=O)N3CCc4ccccc4[C@H]3c3ccc(F)cc3)(C1)C2. The van der Waals surface area contributed by atoms with E-state index >= 15 is 0 Å². The van der Waals surface area contributed by atoms with Gasteiger partial charge < -0.3 is 20.3 Å². The molecular formula is C26H30FN3O3. The first-order valence-electron chi connectivity index (χ1n) is 11.8. The highest BCUT2D eigenvalue weighted by Crippen LogP contribution is 2.60. The first kappa shape index (κ1) is 21.7. The zero-order chi connectivity index (χ0) is 23.1. The molecule has 33 heavy (non-hydrogen) atoms. The number of hydrogen-bond donors (Lipinski definition) is 2. The normalized spacial score (nSPS) is 27.0. The Morgan fingerprint density at radius 1 is 1.06 bits per heavy atom. The van der Waals surface area contributed by atoms with E-state index in [1.165, 1.54) is 17.7 Å². The number of nitrogens with one attached hydrogen (secondary N) is 2. The van der Waals surface area contributed by atoms with Gasteiger partial charge in [0.15, 0.2) is 0 Å². The maximum absolute atomic E-state index is 13.6. The van der Waals surface area contributed by atoms with E-state index in [1.54, 1.807) is 12.1 Å². The molecule has 3 fully saturated rings. The van der Waals surface area contributed by atoms with Crippen molar-refractivity contribution in [2.45, 2.75) is 62.6 Å². The van der Waals surface area contributed by atoms with Crippen molar-refractivity contribution in [3.63, 3.8) is 0 Å². The van der Waals surface area contributed by atoms with Crippen LogP contribution in [0.4, 0.5) is 14.0 Å². The number of halogens is 1. The molecule has 2 aromatic carbocycles. The summed E-state index contributed by atoms with van der Waals surface area (Å²) >= 11 is 0. The fourth-order valence-corrected chi connectivity index (χ4v) is 5.70. The number of amides is 3. The molecule has 3 aliphatic carbocycles. The number of carbonyl (C=O) groups is 2. The highest BCUT2D eigenvalue weighted by Gasteiger charge is 2.69. The third-order valence-corrected chi connectivity index (χ3v) is 7.23. The number of urea groups is 1. The van der Waals surface area contributed by atoms with E-state index in [1.807, 2.05) is 23.1 Å². The smallest absolute Gasteiger partial charge is 0.407 e. The molecule has 2 aromatic rings. The van der Waals surface area contributed by atoms with Gasteiger partial charge in [0.2, 0.25) is 0 Å². The monoisotopic (exact) mass is 451 g/mol. The average Bonchev–Trinajstić information content (AvgIpc) is 2.77. The first-order valence-corrected chi connectivity index (χ1v) is 11.8. The Kier molecular flexibility index (Phi) is 5.51. The van der Waals surface area contributed by atoms with Crippen LogP contribution in [-0.4, -0.2) is 41.3 Å². The van der Waals surface area contributed by atoms with Crippen molar-refractivity contribution < 1.29 is 18.7 Å². The fraction of sp³-hybridized carbons (Fsp3) is 0.462. The Morgan fingerprint density at radius 2 is 1.76 bits per heavy atom. The van der Waals surface area contributed by atoms with Crippen LogP contribution in [0.5, 0.6) is 0 Å². The van der Waals surface area contributed by atoms with Crippen LogP contribution in [0.3, 0.4) is 0 Å². The predicted molar refractivity (Wildman–Crippen MR) is 122 cm³/mol. The minimum absolute atomic E-state index is 0.113. The summed E-state index contributed by atoms with van der Waals surface area (Å²) in [6, 6.07) is 14.2. The minimum Gasteiger partial charge on any atom is -0.450 e. The quantitative estimate of drug-likeness (QED) is 0.627. The molecule has 3 amide bonds. The van der Waals surface area contributed by atoms with Crippen LogP contribution in [0.1, 0.15) is 61.8 Å². The lowest BCUT2D eigenvalue weighted by Gasteiger charge is -2.70. The number of ether oxygens (including phenoxy) is 1. The van der Waals surface area contributed by atoms with Crippen molar-refractivity contribution in [1.82, 2.24) is 15.5 Å². The molecule has 174 valence electrons. The van der Waals surface area contributed by atoms with Gasteiger partial charge in [-0.25, -0.2) is 14.0 Å². The second-order valence-electron chi connectivity index (χ2n) is 9.73. The zero-order valence-corrected chi connectivity index (χ0v) is 18.9. The molecule has 1 heterocycles. The van der Waals surface area contributed by atoms with Gasteiger partial charge in [-0.2, -0.15) is 0 Å². The molecule has 6 nitrogen and oxygen atoms in total. The summed E-state index contributed by atoms with van der Waals surface area (Å²) in [5, 5.41) is 6.23. The van der Waals surface area contributed by atoms with E-state index < -0.39 is 0 Å². The Labute approximate surface area is 193 Å². The Balaban J connectivity index is 1.26. The molecule has 1 atom stereocenters. The van der Waals surface area contributed by atoms with Crippen LogP contribution < -0.4 is 10.6 Å². The number of fused-ring (bicyclic) bond motifs is 1. The molecule has 7 heteroatoms. The molecule has 1 aliphatic heterocycles. The van der Waals surface area contributed by atoms with E-state index in [9.17, 15) is 14.0 Å².